The molecule has 1 aromatic rings. The summed E-state index contributed by atoms with van der Waals surface area (Å²) in [6.07, 6.45) is 4.65. The molecular weight excluding hydrogens is 321 g/mol. The van der Waals surface area contributed by atoms with Crippen molar-refractivity contribution in [1.29, 1.82) is 0 Å². The van der Waals surface area contributed by atoms with Crippen LogP contribution in [0.2, 0.25) is 0 Å². The van der Waals surface area contributed by atoms with Crippen molar-refractivity contribution in [3.8, 4) is 0 Å². The van der Waals surface area contributed by atoms with Crippen LogP contribution in [0.25, 0.3) is 0 Å². The minimum absolute atomic E-state index is 0.135. The normalized spacial score (nSPS) is 17.0. The fourth-order valence-corrected chi connectivity index (χ4v) is 3.38. The van der Waals surface area contributed by atoms with E-state index in [2.05, 4.69) is 15.4 Å². The van der Waals surface area contributed by atoms with Crippen LogP contribution in [0.1, 0.15) is 31.2 Å². The Labute approximate surface area is 135 Å². The highest BCUT2D eigenvalue weighted by Crippen LogP contribution is 2.38. The molecule has 0 atom stereocenters. The molecule has 0 bridgehead atoms. The van der Waals surface area contributed by atoms with E-state index >= 15 is 0 Å². The van der Waals surface area contributed by atoms with Gasteiger partial charge in [-0.2, -0.15) is 0 Å². The van der Waals surface area contributed by atoms with Crippen LogP contribution in [0, 0.1) is 5.82 Å². The van der Waals surface area contributed by atoms with Crippen LogP contribution in [-0.2, 0) is 15.6 Å². The monoisotopic (exact) mass is 343 g/mol. The van der Waals surface area contributed by atoms with E-state index in [1.54, 1.807) is 12.1 Å². The third kappa shape index (κ3) is 5.18. The second-order valence-corrected chi connectivity index (χ2v) is 7.68. The smallest absolute Gasteiger partial charge is 0.315 e. The molecule has 6 nitrogen and oxygen atoms in total. The number of hydrogen-bond acceptors (Lipinski definition) is 3. The molecular formula is C15H22FN3O3S. The minimum Gasteiger partial charge on any atom is -0.337 e. The van der Waals surface area contributed by atoms with Crippen LogP contribution in [0.5, 0.6) is 0 Å². The number of hydrogen-bond donors (Lipinski definition) is 3. The highest BCUT2D eigenvalue weighted by molar-refractivity contribution is 7.88. The number of urea groups is 1. The Bertz CT molecular complexity index is 640. The van der Waals surface area contributed by atoms with E-state index in [4.69, 9.17) is 0 Å². The summed E-state index contributed by atoms with van der Waals surface area (Å²) >= 11 is 0. The first-order chi connectivity index (χ1) is 10.8. The van der Waals surface area contributed by atoms with Crippen molar-refractivity contribution < 1.29 is 17.6 Å². The summed E-state index contributed by atoms with van der Waals surface area (Å²) in [5.74, 6) is -0.307. The number of rotatable bonds is 6. The second-order valence-electron chi connectivity index (χ2n) is 5.84. The van der Waals surface area contributed by atoms with Crippen LogP contribution in [0.4, 0.5) is 9.18 Å². The van der Waals surface area contributed by atoms with Crippen molar-refractivity contribution in [3.05, 3.63) is 35.6 Å². The number of carbonyl (C=O) groups is 1. The third-order valence-corrected chi connectivity index (χ3v) is 4.71. The summed E-state index contributed by atoms with van der Waals surface area (Å²) in [6.45, 7) is 0.328. The molecule has 1 saturated carbocycles. The summed E-state index contributed by atoms with van der Waals surface area (Å²) in [7, 11) is -3.26. The number of benzene rings is 1. The lowest BCUT2D eigenvalue weighted by Gasteiger charge is -2.31. The van der Waals surface area contributed by atoms with E-state index in [1.807, 2.05) is 0 Å². The van der Waals surface area contributed by atoms with Crippen molar-refractivity contribution in [2.24, 2.45) is 0 Å². The fourth-order valence-electron chi connectivity index (χ4n) is 2.91. The van der Waals surface area contributed by atoms with Gasteiger partial charge in [-0.05, 0) is 30.5 Å². The molecule has 0 heterocycles. The molecule has 0 saturated heterocycles. The lowest BCUT2D eigenvalue weighted by Crippen LogP contribution is -2.49. The average Bonchev–Trinajstić information content (AvgIpc) is 2.93. The van der Waals surface area contributed by atoms with Gasteiger partial charge in [0.15, 0.2) is 0 Å². The Kier molecular flexibility index (Phi) is 5.59. The first-order valence-corrected chi connectivity index (χ1v) is 9.47. The Morgan fingerprint density at radius 2 is 1.78 bits per heavy atom. The summed E-state index contributed by atoms with van der Waals surface area (Å²) in [4.78, 5) is 12.1. The van der Waals surface area contributed by atoms with Crippen LogP contribution in [0.15, 0.2) is 24.3 Å². The predicted molar refractivity (Wildman–Crippen MR) is 85.9 cm³/mol. The molecule has 0 unspecified atom stereocenters. The van der Waals surface area contributed by atoms with Crippen molar-refractivity contribution in [2.45, 2.75) is 31.2 Å². The summed E-state index contributed by atoms with van der Waals surface area (Å²) in [5, 5.41) is 5.61. The van der Waals surface area contributed by atoms with Crippen molar-refractivity contribution in [1.82, 2.24) is 15.4 Å². The molecule has 8 heteroatoms. The molecule has 0 radical (unpaired) electrons. The first-order valence-electron chi connectivity index (χ1n) is 7.57. The van der Waals surface area contributed by atoms with E-state index in [9.17, 15) is 17.6 Å². The van der Waals surface area contributed by atoms with Gasteiger partial charge in [-0.15, -0.1) is 0 Å². The molecule has 1 aromatic carbocycles. The van der Waals surface area contributed by atoms with Gasteiger partial charge >= 0.3 is 6.03 Å². The molecule has 1 fully saturated rings. The maximum Gasteiger partial charge on any atom is 0.315 e. The minimum atomic E-state index is -3.26. The van der Waals surface area contributed by atoms with Gasteiger partial charge in [-0.1, -0.05) is 25.0 Å². The van der Waals surface area contributed by atoms with Gasteiger partial charge in [0.05, 0.1) is 11.8 Å². The molecule has 3 N–H and O–H groups in total. The molecule has 128 valence electrons. The summed E-state index contributed by atoms with van der Waals surface area (Å²) < 4.78 is 37.3. The Hall–Kier alpha value is -1.67. The molecule has 0 spiro atoms. The Balaban J connectivity index is 1.94. The van der Waals surface area contributed by atoms with Crippen molar-refractivity contribution in [3.63, 3.8) is 0 Å². The Morgan fingerprint density at radius 1 is 1.17 bits per heavy atom. The van der Waals surface area contributed by atoms with Gasteiger partial charge in [0.2, 0.25) is 10.0 Å². The van der Waals surface area contributed by atoms with Crippen LogP contribution < -0.4 is 15.4 Å². The molecule has 0 aromatic heterocycles. The van der Waals surface area contributed by atoms with Gasteiger partial charge in [-0.3, -0.25) is 0 Å². The van der Waals surface area contributed by atoms with Crippen LogP contribution in [-0.4, -0.2) is 33.8 Å². The predicted octanol–water partition coefficient (Wildman–Crippen LogP) is 1.44. The highest BCUT2D eigenvalue weighted by atomic mass is 32.2. The zero-order chi connectivity index (χ0) is 16.9. The van der Waals surface area contributed by atoms with Crippen LogP contribution >= 0.6 is 0 Å². The highest BCUT2D eigenvalue weighted by Gasteiger charge is 2.36. The number of nitrogens with one attached hydrogen (secondary N) is 3. The van der Waals surface area contributed by atoms with E-state index < -0.39 is 15.6 Å². The number of carbonyl (C=O) groups excluding carboxylic acids is 1. The van der Waals surface area contributed by atoms with Crippen molar-refractivity contribution >= 4 is 16.1 Å². The van der Waals surface area contributed by atoms with Crippen molar-refractivity contribution in [2.75, 3.05) is 19.3 Å². The third-order valence-electron chi connectivity index (χ3n) is 3.98. The maximum atomic E-state index is 13.1. The standard InChI is InChI=1S/C15H22FN3O3S/c1-23(21,22)18-11-10-17-14(20)19-15(8-2-3-9-15)12-4-6-13(16)7-5-12/h4-7,18H,2-3,8-11H2,1H3,(H2,17,19,20). The second kappa shape index (κ2) is 7.27. The Morgan fingerprint density at radius 3 is 2.35 bits per heavy atom. The van der Waals surface area contributed by atoms with Gasteiger partial charge in [0, 0.05) is 13.1 Å². The van der Waals surface area contributed by atoms with Crippen LogP contribution in [0.3, 0.4) is 0 Å². The quantitative estimate of drug-likeness (QED) is 0.683. The molecule has 1 aliphatic rings. The lowest BCUT2D eigenvalue weighted by molar-refractivity contribution is 0.224. The number of halogens is 1. The van der Waals surface area contributed by atoms with E-state index in [0.717, 1.165) is 37.5 Å². The summed E-state index contributed by atoms with van der Waals surface area (Å²) in [6, 6.07) is 5.83. The molecule has 2 amide bonds. The summed E-state index contributed by atoms with van der Waals surface area (Å²) in [5.41, 5.74) is 0.406. The lowest BCUT2D eigenvalue weighted by atomic mass is 9.88. The molecule has 23 heavy (non-hydrogen) atoms. The first kappa shape index (κ1) is 17.7. The van der Waals surface area contributed by atoms with Gasteiger partial charge in [0.25, 0.3) is 0 Å². The van der Waals surface area contributed by atoms with Gasteiger partial charge < -0.3 is 10.6 Å². The molecule has 0 aliphatic heterocycles. The zero-order valence-electron chi connectivity index (χ0n) is 13.1. The topological polar surface area (TPSA) is 87.3 Å². The molecule has 2 rings (SSSR count). The van der Waals surface area contributed by atoms with E-state index in [0.29, 0.717) is 0 Å². The van der Waals surface area contributed by atoms with Gasteiger partial charge in [-0.25, -0.2) is 22.3 Å². The fraction of sp³-hybridized carbons (Fsp3) is 0.533. The van der Waals surface area contributed by atoms with Gasteiger partial charge in [0.1, 0.15) is 5.82 Å². The largest absolute Gasteiger partial charge is 0.337 e. The number of sulfonamides is 1. The SMILES string of the molecule is CS(=O)(=O)NCCNC(=O)NC1(c2ccc(F)cc2)CCCC1. The van der Waals surface area contributed by atoms with E-state index in [-0.39, 0.29) is 24.9 Å². The molecule has 1 aliphatic carbocycles. The average molecular weight is 343 g/mol. The zero-order valence-corrected chi connectivity index (χ0v) is 13.9. The van der Waals surface area contributed by atoms with E-state index in [1.165, 1.54) is 12.1 Å². The number of amides is 2. The maximum absolute atomic E-state index is 13.1.